The van der Waals surface area contributed by atoms with Crippen LogP contribution in [0.4, 0.5) is 4.39 Å². The molecule has 0 bridgehead atoms. The van der Waals surface area contributed by atoms with Crippen molar-refractivity contribution in [3.05, 3.63) is 59.5 Å². The normalized spacial score (nSPS) is 17.0. The highest BCUT2D eigenvalue weighted by molar-refractivity contribution is 6.33. The number of aromatic nitrogens is 1. The molecule has 0 radical (unpaired) electrons. The van der Waals surface area contributed by atoms with Crippen LogP contribution in [0.5, 0.6) is 5.75 Å². The molecule has 1 aromatic heterocycles. The minimum atomic E-state index is -0.887. The van der Waals surface area contributed by atoms with Gasteiger partial charge in [0, 0.05) is 36.3 Å². The summed E-state index contributed by atoms with van der Waals surface area (Å²) in [6.07, 6.45) is 1.31. The zero-order valence-electron chi connectivity index (χ0n) is 16.7. The number of benzene rings is 2. The summed E-state index contributed by atoms with van der Waals surface area (Å²) in [5.74, 6) is -1.60. The van der Waals surface area contributed by atoms with E-state index in [0.717, 1.165) is 10.9 Å². The van der Waals surface area contributed by atoms with Gasteiger partial charge in [-0.3, -0.25) is 14.6 Å². The number of carbonyl (C=O) groups is 2. The van der Waals surface area contributed by atoms with E-state index in [9.17, 15) is 14.0 Å². The molecule has 0 spiro atoms. The minimum absolute atomic E-state index is 0.197. The number of pyridine rings is 1. The predicted molar refractivity (Wildman–Crippen MR) is 115 cm³/mol. The Kier molecular flexibility index (Phi) is 5.78. The van der Waals surface area contributed by atoms with Gasteiger partial charge < -0.3 is 14.7 Å². The van der Waals surface area contributed by atoms with E-state index in [4.69, 9.17) is 21.4 Å². The van der Waals surface area contributed by atoms with Crippen molar-refractivity contribution < 1.29 is 23.8 Å². The van der Waals surface area contributed by atoms with Crippen LogP contribution >= 0.6 is 11.6 Å². The van der Waals surface area contributed by atoms with Crippen molar-refractivity contribution in [3.63, 3.8) is 0 Å². The average molecular weight is 443 g/mol. The number of rotatable bonds is 5. The molecular formula is C23H20ClFN2O4. The van der Waals surface area contributed by atoms with Gasteiger partial charge in [0.15, 0.2) is 6.10 Å². The highest BCUT2D eigenvalue weighted by Gasteiger charge is 2.33. The van der Waals surface area contributed by atoms with Crippen molar-refractivity contribution in [2.24, 2.45) is 5.92 Å². The molecule has 1 amide bonds. The van der Waals surface area contributed by atoms with E-state index >= 15 is 0 Å². The molecule has 8 heteroatoms. The number of nitrogens with zero attached hydrogens (tertiary/aromatic N) is 2. The third-order valence-corrected chi connectivity index (χ3v) is 5.76. The second-order valence-electron chi connectivity index (χ2n) is 7.53. The third-order valence-electron chi connectivity index (χ3n) is 5.45. The Morgan fingerprint density at radius 1 is 1.23 bits per heavy atom. The zero-order valence-corrected chi connectivity index (χ0v) is 17.5. The molecule has 0 unspecified atom stereocenters. The highest BCUT2D eigenvalue weighted by Crippen LogP contribution is 2.34. The van der Waals surface area contributed by atoms with Crippen LogP contribution in [-0.2, 0) is 9.59 Å². The Labute approximate surface area is 183 Å². The van der Waals surface area contributed by atoms with Crippen molar-refractivity contribution in [2.75, 3.05) is 13.1 Å². The van der Waals surface area contributed by atoms with E-state index in [-0.39, 0.29) is 12.5 Å². The van der Waals surface area contributed by atoms with Crippen molar-refractivity contribution in [1.29, 1.82) is 0 Å². The molecule has 31 heavy (non-hydrogen) atoms. The Morgan fingerprint density at radius 3 is 2.74 bits per heavy atom. The largest absolute Gasteiger partial charge is 0.481 e. The first-order chi connectivity index (χ1) is 14.8. The molecule has 3 aromatic rings. The number of halogens is 2. The summed E-state index contributed by atoms with van der Waals surface area (Å²) in [6.45, 7) is 2.25. The molecule has 4 rings (SSSR count). The lowest BCUT2D eigenvalue weighted by Gasteiger charge is -2.21. The fourth-order valence-electron chi connectivity index (χ4n) is 3.82. The molecular weight excluding hydrogens is 423 g/mol. The number of carboxylic acids is 1. The van der Waals surface area contributed by atoms with Crippen molar-refractivity contribution in [3.8, 4) is 16.9 Å². The van der Waals surface area contributed by atoms with Crippen LogP contribution in [0.3, 0.4) is 0 Å². The van der Waals surface area contributed by atoms with Gasteiger partial charge >= 0.3 is 5.97 Å². The fourth-order valence-corrected chi connectivity index (χ4v) is 4.09. The first-order valence-corrected chi connectivity index (χ1v) is 10.2. The van der Waals surface area contributed by atoms with E-state index in [1.807, 2.05) is 6.07 Å². The number of fused-ring (bicyclic) bond motifs is 1. The predicted octanol–water partition coefficient (Wildman–Crippen LogP) is 4.39. The van der Waals surface area contributed by atoms with Crippen LogP contribution in [-0.4, -0.2) is 46.1 Å². The highest BCUT2D eigenvalue weighted by atomic mass is 35.5. The second kappa shape index (κ2) is 8.51. The van der Waals surface area contributed by atoms with Gasteiger partial charge in [0.05, 0.1) is 16.5 Å². The third kappa shape index (κ3) is 4.32. The second-order valence-corrected chi connectivity index (χ2v) is 7.94. The number of carboxylic acid groups (broad SMARTS) is 1. The molecule has 0 aliphatic carbocycles. The summed E-state index contributed by atoms with van der Waals surface area (Å²) in [5, 5.41) is 10.2. The lowest BCUT2D eigenvalue weighted by Crippen LogP contribution is -2.39. The Hall–Kier alpha value is -3.19. The van der Waals surface area contributed by atoms with Crippen LogP contribution in [0.1, 0.15) is 13.3 Å². The summed E-state index contributed by atoms with van der Waals surface area (Å²) in [4.78, 5) is 29.7. The first-order valence-electron chi connectivity index (χ1n) is 9.86. The molecule has 1 N–H and O–H groups in total. The fraction of sp³-hybridized carbons (Fsp3) is 0.261. The molecule has 1 aliphatic rings. The number of aliphatic carboxylic acids is 1. The van der Waals surface area contributed by atoms with E-state index in [0.29, 0.717) is 34.8 Å². The lowest BCUT2D eigenvalue weighted by atomic mass is 10.0. The summed E-state index contributed by atoms with van der Waals surface area (Å²) in [5.41, 5.74) is 2.14. The maximum atomic E-state index is 13.4. The quantitative estimate of drug-likeness (QED) is 0.633. The van der Waals surface area contributed by atoms with Crippen LogP contribution in [0, 0.1) is 11.7 Å². The van der Waals surface area contributed by atoms with Gasteiger partial charge in [-0.15, -0.1) is 0 Å². The maximum Gasteiger partial charge on any atom is 0.308 e. The van der Waals surface area contributed by atoms with Crippen LogP contribution in [0.15, 0.2) is 48.7 Å². The van der Waals surface area contributed by atoms with E-state index < -0.39 is 23.8 Å². The monoisotopic (exact) mass is 442 g/mol. The molecule has 6 nitrogen and oxygen atoms in total. The van der Waals surface area contributed by atoms with Gasteiger partial charge in [0.2, 0.25) is 0 Å². The molecule has 1 saturated heterocycles. The van der Waals surface area contributed by atoms with Gasteiger partial charge in [-0.2, -0.15) is 0 Å². The molecule has 2 atom stereocenters. The number of carbonyl (C=O) groups excluding carboxylic acids is 1. The van der Waals surface area contributed by atoms with Gasteiger partial charge in [0.25, 0.3) is 5.91 Å². The molecule has 2 aromatic carbocycles. The maximum absolute atomic E-state index is 13.4. The zero-order chi connectivity index (χ0) is 22.1. The van der Waals surface area contributed by atoms with Gasteiger partial charge in [-0.25, -0.2) is 4.39 Å². The summed E-state index contributed by atoms with van der Waals surface area (Å²) in [7, 11) is 0. The number of amides is 1. The van der Waals surface area contributed by atoms with Crippen LogP contribution in [0.25, 0.3) is 22.0 Å². The van der Waals surface area contributed by atoms with E-state index in [1.54, 1.807) is 37.4 Å². The number of hydrogen-bond acceptors (Lipinski definition) is 4. The Balaban J connectivity index is 1.55. The molecule has 1 aliphatic heterocycles. The number of ether oxygens (including phenoxy) is 1. The SMILES string of the molecule is C[C@@H](Oc1ccc2c(-c3ccc(F)cc3Cl)ccnc2c1)C(=O)N1CC[C@H](C(=O)O)C1. The van der Waals surface area contributed by atoms with Gasteiger partial charge in [-0.05, 0) is 55.3 Å². The van der Waals surface area contributed by atoms with Crippen molar-refractivity contribution in [1.82, 2.24) is 9.88 Å². The first kappa shape index (κ1) is 21.1. The van der Waals surface area contributed by atoms with Crippen LogP contribution < -0.4 is 4.74 Å². The smallest absolute Gasteiger partial charge is 0.308 e. The van der Waals surface area contributed by atoms with Crippen molar-refractivity contribution >= 4 is 34.4 Å². The molecule has 2 heterocycles. The van der Waals surface area contributed by atoms with E-state index in [2.05, 4.69) is 4.98 Å². The van der Waals surface area contributed by atoms with Gasteiger partial charge in [0.1, 0.15) is 11.6 Å². The van der Waals surface area contributed by atoms with E-state index in [1.165, 1.54) is 17.0 Å². The molecule has 0 saturated carbocycles. The summed E-state index contributed by atoms with van der Waals surface area (Å²) in [6, 6.07) is 11.3. The Bertz CT molecular complexity index is 1170. The van der Waals surface area contributed by atoms with Crippen LogP contribution in [0.2, 0.25) is 5.02 Å². The minimum Gasteiger partial charge on any atom is -0.481 e. The summed E-state index contributed by atoms with van der Waals surface area (Å²) < 4.78 is 19.2. The Morgan fingerprint density at radius 2 is 2.03 bits per heavy atom. The molecule has 160 valence electrons. The lowest BCUT2D eigenvalue weighted by molar-refractivity contribution is -0.142. The average Bonchev–Trinajstić information content (AvgIpc) is 3.23. The molecule has 1 fully saturated rings. The topological polar surface area (TPSA) is 79.7 Å². The number of likely N-dealkylation sites (tertiary alicyclic amines) is 1. The van der Waals surface area contributed by atoms with Crippen molar-refractivity contribution in [2.45, 2.75) is 19.4 Å². The summed E-state index contributed by atoms with van der Waals surface area (Å²) >= 11 is 6.23. The number of hydrogen-bond donors (Lipinski definition) is 1. The standard InChI is InChI=1S/C23H20ClFN2O4/c1-13(22(28)27-9-7-14(12-27)23(29)30)31-16-3-5-19-17(6-8-26-21(19)11-16)18-4-2-15(25)10-20(18)24/h2-6,8,10-11,13-14H,7,9,12H2,1H3,(H,29,30)/t13-,14+/m1/s1. The van der Waals surface area contributed by atoms with Gasteiger partial charge in [-0.1, -0.05) is 11.6 Å².